The third-order valence-electron chi connectivity index (χ3n) is 3.89. The Balaban J connectivity index is 1.66. The lowest BCUT2D eigenvalue weighted by molar-refractivity contribution is -0.113. The number of methoxy groups -OCH3 is 1. The second-order valence-corrected chi connectivity index (χ2v) is 7.71. The Hall–Kier alpha value is -2.32. The zero-order valence-corrected chi connectivity index (χ0v) is 17.6. The molecule has 0 bridgehead atoms. The summed E-state index contributed by atoms with van der Waals surface area (Å²) in [5.41, 5.74) is 2.78. The van der Waals surface area contributed by atoms with E-state index in [1.807, 2.05) is 61.0 Å². The molecule has 0 spiro atoms. The highest BCUT2D eigenvalue weighted by Gasteiger charge is 2.14. The minimum absolute atomic E-state index is 0.101. The van der Waals surface area contributed by atoms with Crippen molar-refractivity contribution in [2.45, 2.75) is 12.1 Å². The van der Waals surface area contributed by atoms with Crippen LogP contribution in [0.5, 0.6) is 5.75 Å². The van der Waals surface area contributed by atoms with Gasteiger partial charge in [-0.3, -0.25) is 4.79 Å². The molecule has 8 heteroatoms. The number of hydrogen-bond acceptors (Lipinski definition) is 5. The van der Waals surface area contributed by atoms with E-state index < -0.39 is 0 Å². The maximum absolute atomic E-state index is 12.3. The predicted octanol–water partition coefficient (Wildman–Crippen LogP) is 4.29. The lowest BCUT2D eigenvalue weighted by Gasteiger charge is -2.08. The molecule has 6 nitrogen and oxygen atoms in total. The van der Waals surface area contributed by atoms with Crippen molar-refractivity contribution >= 4 is 39.3 Å². The molecule has 3 aromatic rings. The highest BCUT2D eigenvalue weighted by molar-refractivity contribution is 9.10. The van der Waals surface area contributed by atoms with Gasteiger partial charge >= 0.3 is 0 Å². The predicted molar refractivity (Wildman–Crippen MR) is 111 cm³/mol. The van der Waals surface area contributed by atoms with E-state index in [1.54, 1.807) is 7.11 Å². The van der Waals surface area contributed by atoms with Crippen molar-refractivity contribution in [2.75, 3.05) is 18.2 Å². The Morgan fingerprint density at radius 1 is 1.26 bits per heavy atom. The number of anilines is 1. The van der Waals surface area contributed by atoms with E-state index in [2.05, 4.69) is 31.4 Å². The van der Waals surface area contributed by atoms with Crippen LogP contribution in [0, 0.1) is 6.92 Å². The normalized spacial score (nSPS) is 10.7. The van der Waals surface area contributed by atoms with Gasteiger partial charge in [-0.15, -0.1) is 10.2 Å². The topological polar surface area (TPSA) is 69.0 Å². The van der Waals surface area contributed by atoms with Gasteiger partial charge in [-0.05, 0) is 52.7 Å². The number of carbonyl (C=O) groups excluding carboxylic acids is 1. The molecule has 0 aliphatic carbocycles. The van der Waals surface area contributed by atoms with Crippen LogP contribution in [0.15, 0.2) is 52.1 Å². The SMILES string of the molecule is COc1cccc(-c2nnc(SCC(=O)Nc3ccc(C)cc3Br)n2C)c1. The molecule has 0 aliphatic rings. The van der Waals surface area contributed by atoms with Gasteiger partial charge < -0.3 is 14.6 Å². The number of hydrogen-bond donors (Lipinski definition) is 1. The molecule has 0 fully saturated rings. The number of rotatable bonds is 6. The number of aryl methyl sites for hydroxylation is 1. The highest BCUT2D eigenvalue weighted by Crippen LogP contribution is 2.26. The van der Waals surface area contributed by atoms with Gasteiger partial charge in [0.1, 0.15) is 5.75 Å². The average molecular weight is 447 g/mol. The van der Waals surface area contributed by atoms with Gasteiger partial charge in [-0.25, -0.2) is 0 Å². The molecule has 3 rings (SSSR count). The summed E-state index contributed by atoms with van der Waals surface area (Å²) in [7, 11) is 3.51. The van der Waals surface area contributed by atoms with Gasteiger partial charge in [0, 0.05) is 17.1 Å². The van der Waals surface area contributed by atoms with Crippen LogP contribution in [-0.2, 0) is 11.8 Å². The van der Waals surface area contributed by atoms with E-state index in [9.17, 15) is 4.79 Å². The number of carbonyl (C=O) groups is 1. The quantitative estimate of drug-likeness (QED) is 0.571. The molecule has 0 aliphatic heterocycles. The summed E-state index contributed by atoms with van der Waals surface area (Å²) in [4.78, 5) is 12.3. The van der Waals surface area contributed by atoms with E-state index in [0.29, 0.717) is 5.16 Å². The Labute approximate surface area is 170 Å². The summed E-state index contributed by atoms with van der Waals surface area (Å²) in [6.07, 6.45) is 0. The number of aromatic nitrogens is 3. The fraction of sp³-hybridized carbons (Fsp3) is 0.211. The number of nitrogens with one attached hydrogen (secondary N) is 1. The zero-order chi connectivity index (χ0) is 19.4. The molecule has 2 aromatic carbocycles. The summed E-state index contributed by atoms with van der Waals surface area (Å²) in [6.45, 7) is 2.00. The molecule has 0 unspecified atom stereocenters. The van der Waals surface area contributed by atoms with Crippen molar-refractivity contribution in [2.24, 2.45) is 7.05 Å². The molecular weight excluding hydrogens is 428 g/mol. The van der Waals surface area contributed by atoms with Crippen molar-refractivity contribution in [3.05, 3.63) is 52.5 Å². The maximum Gasteiger partial charge on any atom is 0.234 e. The Morgan fingerprint density at radius 3 is 2.81 bits per heavy atom. The molecular formula is C19H19BrN4O2S. The highest BCUT2D eigenvalue weighted by atomic mass is 79.9. The Bertz CT molecular complexity index is 974. The number of ether oxygens (including phenoxy) is 1. The fourth-order valence-electron chi connectivity index (χ4n) is 2.49. The lowest BCUT2D eigenvalue weighted by atomic mass is 10.2. The smallest absolute Gasteiger partial charge is 0.234 e. The van der Waals surface area contributed by atoms with Crippen LogP contribution < -0.4 is 10.1 Å². The third kappa shape index (κ3) is 4.70. The first-order valence-corrected chi connectivity index (χ1v) is 9.98. The molecule has 140 valence electrons. The van der Waals surface area contributed by atoms with Crippen LogP contribution in [0.2, 0.25) is 0 Å². The summed E-state index contributed by atoms with van der Waals surface area (Å²) in [6, 6.07) is 13.4. The van der Waals surface area contributed by atoms with Crippen molar-refractivity contribution in [3.8, 4) is 17.1 Å². The molecule has 1 N–H and O–H groups in total. The molecule has 1 heterocycles. The van der Waals surface area contributed by atoms with Crippen molar-refractivity contribution in [1.82, 2.24) is 14.8 Å². The van der Waals surface area contributed by atoms with E-state index in [1.165, 1.54) is 11.8 Å². The number of nitrogens with zero attached hydrogens (tertiary/aromatic N) is 3. The molecule has 27 heavy (non-hydrogen) atoms. The maximum atomic E-state index is 12.3. The first-order chi connectivity index (χ1) is 13.0. The number of thioether (sulfide) groups is 1. The van der Waals surface area contributed by atoms with Crippen molar-refractivity contribution in [3.63, 3.8) is 0 Å². The standard InChI is InChI=1S/C19H19BrN4O2S/c1-12-7-8-16(15(20)9-12)21-17(25)11-27-19-23-22-18(24(19)2)13-5-4-6-14(10-13)26-3/h4-10H,11H2,1-3H3,(H,21,25). The first-order valence-electron chi connectivity index (χ1n) is 8.20. The van der Waals surface area contributed by atoms with Gasteiger partial charge in [0.15, 0.2) is 11.0 Å². The molecule has 0 saturated heterocycles. The molecule has 0 radical (unpaired) electrons. The second-order valence-electron chi connectivity index (χ2n) is 5.92. The molecule has 1 aromatic heterocycles. The summed E-state index contributed by atoms with van der Waals surface area (Å²) >= 11 is 4.81. The average Bonchev–Trinajstić information content (AvgIpc) is 3.03. The third-order valence-corrected chi connectivity index (χ3v) is 5.57. The van der Waals surface area contributed by atoms with Gasteiger partial charge in [0.25, 0.3) is 0 Å². The van der Waals surface area contributed by atoms with Crippen LogP contribution in [0.3, 0.4) is 0 Å². The van der Waals surface area contributed by atoms with Crippen molar-refractivity contribution in [1.29, 1.82) is 0 Å². The lowest BCUT2D eigenvalue weighted by Crippen LogP contribution is -2.14. The van der Waals surface area contributed by atoms with Crippen LogP contribution in [0.4, 0.5) is 5.69 Å². The largest absolute Gasteiger partial charge is 0.497 e. The van der Waals surface area contributed by atoms with E-state index in [-0.39, 0.29) is 11.7 Å². The number of benzene rings is 2. The fourth-order valence-corrected chi connectivity index (χ4v) is 3.80. The minimum atomic E-state index is -0.101. The summed E-state index contributed by atoms with van der Waals surface area (Å²) in [5.74, 6) is 1.62. The molecule has 0 saturated carbocycles. The van der Waals surface area contributed by atoms with Gasteiger partial charge in [0.05, 0.1) is 18.6 Å². The van der Waals surface area contributed by atoms with Crippen LogP contribution in [-0.4, -0.2) is 33.5 Å². The van der Waals surface area contributed by atoms with Gasteiger partial charge in [-0.1, -0.05) is 30.0 Å². The van der Waals surface area contributed by atoms with E-state index in [4.69, 9.17) is 4.74 Å². The second kappa shape index (κ2) is 8.58. The van der Waals surface area contributed by atoms with Gasteiger partial charge in [0.2, 0.25) is 5.91 Å². The van der Waals surface area contributed by atoms with E-state index in [0.717, 1.165) is 32.9 Å². The number of amides is 1. The molecule has 0 atom stereocenters. The minimum Gasteiger partial charge on any atom is -0.497 e. The van der Waals surface area contributed by atoms with Crippen LogP contribution >= 0.6 is 27.7 Å². The Morgan fingerprint density at radius 2 is 2.07 bits per heavy atom. The Kier molecular flexibility index (Phi) is 6.18. The van der Waals surface area contributed by atoms with Crippen LogP contribution in [0.1, 0.15) is 5.56 Å². The van der Waals surface area contributed by atoms with Gasteiger partial charge in [-0.2, -0.15) is 0 Å². The zero-order valence-electron chi connectivity index (χ0n) is 15.2. The molecule has 1 amide bonds. The summed E-state index contributed by atoms with van der Waals surface area (Å²) in [5, 5.41) is 12.0. The summed E-state index contributed by atoms with van der Waals surface area (Å²) < 4.78 is 7.99. The van der Waals surface area contributed by atoms with Crippen LogP contribution in [0.25, 0.3) is 11.4 Å². The number of halogens is 1. The monoisotopic (exact) mass is 446 g/mol. The first kappa shape index (κ1) is 19.4. The van der Waals surface area contributed by atoms with Crippen molar-refractivity contribution < 1.29 is 9.53 Å². The van der Waals surface area contributed by atoms with E-state index >= 15 is 0 Å².